The number of hydrogen-bond acceptors (Lipinski definition) is 0. The van der Waals surface area contributed by atoms with E-state index in [1.807, 2.05) is 0 Å². The molecule has 0 nitrogen and oxygen atoms in total. The summed E-state index contributed by atoms with van der Waals surface area (Å²) in [6, 6.07) is 25.8. The summed E-state index contributed by atoms with van der Waals surface area (Å²) < 4.78 is 0. The maximum Gasteiger partial charge on any atom is 0 e. The van der Waals surface area contributed by atoms with Gasteiger partial charge in [-0.3, -0.25) is 0 Å². The second kappa shape index (κ2) is 63.6. The molecule has 0 saturated heterocycles. The third-order valence-corrected chi connectivity index (χ3v) is 4.66. The Morgan fingerprint density at radius 1 is 0.400 bits per heavy atom. The van der Waals surface area contributed by atoms with Crippen LogP contribution in [-0.2, 0) is 117 Å². The van der Waals surface area contributed by atoms with Crippen LogP contribution in [0.25, 0.3) is 0 Å². The van der Waals surface area contributed by atoms with Crippen molar-refractivity contribution in [3.05, 3.63) is 127 Å². The first-order chi connectivity index (χ1) is 20.2. The first-order valence-electron chi connectivity index (χ1n) is 16.5. The topological polar surface area (TPSA) is 0 Å². The van der Waals surface area contributed by atoms with Gasteiger partial charge in [-0.1, -0.05) is 165 Å². The molecule has 3 heteroatoms. The van der Waals surface area contributed by atoms with Crippen LogP contribution in [0, 0.1) is 41.5 Å². The van der Waals surface area contributed by atoms with Crippen LogP contribution >= 0.6 is 0 Å². The Kier molecular flexibility index (Phi) is 96.2. The van der Waals surface area contributed by atoms with E-state index in [2.05, 4.69) is 177 Å². The fourth-order valence-electron chi connectivity index (χ4n) is 2.76. The molecule has 0 saturated carbocycles. The van der Waals surface area contributed by atoms with Crippen LogP contribution < -0.4 is 0 Å². The quantitative estimate of drug-likeness (QED) is 0.230. The van der Waals surface area contributed by atoms with Gasteiger partial charge in [-0.25, -0.2) is 0 Å². The van der Waals surface area contributed by atoms with Crippen molar-refractivity contribution in [1.82, 2.24) is 0 Å². The van der Waals surface area contributed by atoms with E-state index in [1.165, 1.54) is 52.6 Å². The Hall–Kier alpha value is 0.972. The largest absolute Gasteiger partial charge is 0.346 e. The first-order valence-corrected chi connectivity index (χ1v) is 16.5. The molecule has 3 radical (unpaired) electrons. The minimum Gasteiger partial charge on any atom is -0.346 e. The maximum absolute atomic E-state index is 3.25. The SMILES string of the molecule is CCC.CCC.CCC.CCc1ccc(C)cc1.CCc1cccc(C)c1.CCc1ccccc1C.[CH2-]C.[CH2-]C.[CH2-]C.[Y].[Y].[Y]. The van der Waals surface area contributed by atoms with Gasteiger partial charge in [0.2, 0.25) is 0 Å². The van der Waals surface area contributed by atoms with E-state index in [-0.39, 0.29) is 98.1 Å². The zero-order valence-electron chi connectivity index (χ0n) is 33.0. The van der Waals surface area contributed by atoms with E-state index >= 15 is 0 Å². The van der Waals surface area contributed by atoms with E-state index in [1.54, 1.807) is 20.8 Å². The predicted molar refractivity (Wildman–Crippen MR) is 203 cm³/mol. The van der Waals surface area contributed by atoms with Crippen LogP contribution in [0.15, 0.2) is 72.8 Å². The van der Waals surface area contributed by atoms with E-state index in [4.69, 9.17) is 0 Å². The summed E-state index contributed by atoms with van der Waals surface area (Å²) in [6.07, 6.45) is 7.18. The van der Waals surface area contributed by atoms with Crippen LogP contribution in [0.4, 0.5) is 0 Å². The Morgan fingerprint density at radius 2 is 0.778 bits per heavy atom. The summed E-state index contributed by atoms with van der Waals surface area (Å²) in [6.45, 7) is 40.7. The minimum atomic E-state index is 0. The normalized spacial score (nSPS) is 7.33. The van der Waals surface area contributed by atoms with Gasteiger partial charge in [0, 0.05) is 98.1 Å². The van der Waals surface area contributed by atoms with E-state index < -0.39 is 0 Å². The Morgan fingerprint density at radius 3 is 1.04 bits per heavy atom. The number of rotatable bonds is 3. The van der Waals surface area contributed by atoms with E-state index in [0.29, 0.717) is 0 Å². The molecule has 3 aromatic carbocycles. The van der Waals surface area contributed by atoms with Crippen molar-refractivity contribution < 1.29 is 98.1 Å². The molecular formula is C42H75Y3-3. The minimum absolute atomic E-state index is 0. The molecule has 0 aliphatic heterocycles. The Balaban J connectivity index is -0.0000000495. The van der Waals surface area contributed by atoms with Gasteiger partial charge in [-0.2, -0.15) is 20.8 Å². The van der Waals surface area contributed by atoms with Crippen LogP contribution in [0.3, 0.4) is 0 Å². The molecule has 0 aliphatic carbocycles. The number of hydrogen-bond donors (Lipinski definition) is 0. The van der Waals surface area contributed by atoms with Crippen molar-refractivity contribution in [3.63, 3.8) is 0 Å². The molecule has 0 amide bonds. The van der Waals surface area contributed by atoms with Gasteiger partial charge in [-0.15, -0.1) is 0 Å². The predicted octanol–water partition coefficient (Wildman–Crippen LogP) is 14.4. The molecule has 0 fully saturated rings. The third-order valence-electron chi connectivity index (χ3n) is 4.66. The van der Waals surface area contributed by atoms with Gasteiger partial charge in [0.1, 0.15) is 0 Å². The van der Waals surface area contributed by atoms with Gasteiger partial charge >= 0.3 is 0 Å². The first kappa shape index (κ1) is 68.0. The molecule has 0 spiro atoms. The van der Waals surface area contributed by atoms with Crippen molar-refractivity contribution in [3.8, 4) is 0 Å². The standard InChI is InChI=1S/3C9H12.3C3H8.3C2H5.3Y/c1-3-9-6-4-8(2)5-7-9;1-3-9-6-4-5-8(2)7-9;1-3-9-7-5-4-6-8(9)2;3*1-3-2;3*1-2;;;/h3*4-7H,3H2,1-2H3;3*3H2,1-2H3;3*1H2,2H3;;;/q;;;;;;3*-1;;;. The Labute approximate surface area is 363 Å². The smallest absolute Gasteiger partial charge is 0 e. The van der Waals surface area contributed by atoms with Crippen molar-refractivity contribution in [2.24, 2.45) is 0 Å². The summed E-state index contributed by atoms with van der Waals surface area (Å²) in [4.78, 5) is 0. The second-order valence-corrected chi connectivity index (χ2v) is 9.08. The van der Waals surface area contributed by atoms with Crippen molar-refractivity contribution in [1.29, 1.82) is 0 Å². The fourth-order valence-corrected chi connectivity index (χ4v) is 2.76. The second-order valence-electron chi connectivity index (χ2n) is 9.08. The molecule has 0 unspecified atom stereocenters. The summed E-state index contributed by atoms with van der Waals surface area (Å²) in [5, 5.41) is 0. The van der Waals surface area contributed by atoms with Gasteiger partial charge < -0.3 is 20.8 Å². The third kappa shape index (κ3) is 57.6. The van der Waals surface area contributed by atoms with Crippen LogP contribution in [0.2, 0.25) is 0 Å². The molecule has 0 aromatic heterocycles. The Bertz CT molecular complexity index is 823. The molecule has 0 N–H and O–H groups in total. The van der Waals surface area contributed by atoms with Gasteiger partial charge in [0.05, 0.1) is 0 Å². The summed E-state index contributed by atoms with van der Waals surface area (Å²) in [5.41, 5.74) is 8.40. The van der Waals surface area contributed by atoms with Crippen molar-refractivity contribution >= 4 is 0 Å². The molecular weight excluding hydrogens is 771 g/mol. The number of benzene rings is 3. The zero-order chi connectivity index (χ0) is 34.2. The van der Waals surface area contributed by atoms with Crippen molar-refractivity contribution in [2.45, 2.75) is 142 Å². The van der Waals surface area contributed by atoms with Gasteiger partial charge in [0.25, 0.3) is 0 Å². The molecule has 3 aromatic rings. The van der Waals surface area contributed by atoms with Crippen LogP contribution in [0.1, 0.15) is 136 Å². The molecule has 0 heterocycles. The zero-order valence-corrected chi connectivity index (χ0v) is 41.5. The summed E-state index contributed by atoms with van der Waals surface area (Å²) >= 11 is 0. The van der Waals surface area contributed by atoms with E-state index in [9.17, 15) is 0 Å². The molecule has 45 heavy (non-hydrogen) atoms. The average Bonchev–Trinajstić information content (AvgIpc) is 3.03. The molecule has 0 atom stereocenters. The maximum atomic E-state index is 3.25. The van der Waals surface area contributed by atoms with E-state index in [0.717, 1.165) is 19.3 Å². The molecule has 0 aliphatic rings. The van der Waals surface area contributed by atoms with Crippen LogP contribution in [0.5, 0.6) is 0 Å². The molecule has 3 rings (SSSR count). The summed E-state index contributed by atoms with van der Waals surface area (Å²) in [7, 11) is 0. The molecule has 255 valence electrons. The van der Waals surface area contributed by atoms with Crippen LogP contribution in [-0.4, -0.2) is 0 Å². The monoisotopic (exact) mass is 846 g/mol. The van der Waals surface area contributed by atoms with Crippen molar-refractivity contribution in [2.75, 3.05) is 0 Å². The van der Waals surface area contributed by atoms with Gasteiger partial charge in [-0.05, 0) is 62.3 Å². The summed E-state index contributed by atoms with van der Waals surface area (Å²) in [5.74, 6) is 0. The molecule has 0 bridgehead atoms. The number of aryl methyl sites for hydroxylation is 6. The van der Waals surface area contributed by atoms with Gasteiger partial charge in [0.15, 0.2) is 0 Å². The average molecular weight is 847 g/mol. The fraction of sp³-hybridized carbons (Fsp3) is 0.500.